The van der Waals surface area contributed by atoms with Crippen LogP contribution in [0.25, 0.3) is 0 Å². The third-order valence-electron chi connectivity index (χ3n) is 6.78. The molecule has 2 aromatic rings. The zero-order chi connectivity index (χ0) is 23.4. The number of para-hydroxylation sites is 2. The van der Waals surface area contributed by atoms with Gasteiger partial charge in [0.2, 0.25) is 0 Å². The standard InChI is InChI=1S/C29H30O4/c1-28(2)14-20(30)26-23(16-28)33-24-17-29(3,4)15-21(31)27(24)25(26)19-12-8-9-13-22(19)32-18-10-6-5-7-11-18/h5-13,25H,14-17H2,1-4H3. The van der Waals surface area contributed by atoms with E-state index in [1.807, 2.05) is 54.6 Å². The lowest BCUT2D eigenvalue weighted by Crippen LogP contribution is -2.37. The van der Waals surface area contributed by atoms with E-state index in [2.05, 4.69) is 27.7 Å². The topological polar surface area (TPSA) is 52.6 Å². The van der Waals surface area contributed by atoms with Crippen molar-refractivity contribution in [2.75, 3.05) is 0 Å². The number of carbonyl (C=O) groups excluding carboxylic acids is 2. The van der Waals surface area contributed by atoms with E-state index in [-0.39, 0.29) is 22.4 Å². The summed E-state index contributed by atoms with van der Waals surface area (Å²) < 4.78 is 12.7. The number of hydrogen-bond donors (Lipinski definition) is 0. The van der Waals surface area contributed by atoms with Crippen molar-refractivity contribution in [2.24, 2.45) is 10.8 Å². The summed E-state index contributed by atoms with van der Waals surface area (Å²) in [6.07, 6.45) is 2.24. The smallest absolute Gasteiger partial charge is 0.163 e. The van der Waals surface area contributed by atoms with Crippen molar-refractivity contribution in [1.82, 2.24) is 0 Å². The van der Waals surface area contributed by atoms with E-state index in [1.54, 1.807) is 0 Å². The van der Waals surface area contributed by atoms with Crippen molar-refractivity contribution in [2.45, 2.75) is 59.3 Å². The highest BCUT2D eigenvalue weighted by Gasteiger charge is 2.48. The molecule has 0 N–H and O–H groups in total. The fourth-order valence-electron chi connectivity index (χ4n) is 5.41. The van der Waals surface area contributed by atoms with Gasteiger partial charge in [0.25, 0.3) is 0 Å². The first-order chi connectivity index (χ1) is 15.6. The minimum Gasteiger partial charge on any atom is -0.465 e. The number of carbonyl (C=O) groups is 2. The number of Topliss-reactive ketones (excluding diaryl/α,β-unsaturated/α-hetero) is 2. The summed E-state index contributed by atoms with van der Waals surface area (Å²) in [7, 11) is 0. The van der Waals surface area contributed by atoms with Crippen molar-refractivity contribution >= 4 is 11.6 Å². The zero-order valence-corrected chi connectivity index (χ0v) is 19.7. The van der Waals surface area contributed by atoms with Crippen molar-refractivity contribution in [1.29, 1.82) is 0 Å². The largest absolute Gasteiger partial charge is 0.465 e. The number of ketones is 2. The molecule has 2 aliphatic carbocycles. The van der Waals surface area contributed by atoms with E-state index in [0.29, 0.717) is 48.3 Å². The summed E-state index contributed by atoms with van der Waals surface area (Å²) in [5, 5.41) is 0. The summed E-state index contributed by atoms with van der Waals surface area (Å²) in [5.74, 6) is 2.47. The number of allylic oxidation sites excluding steroid dienone is 4. The van der Waals surface area contributed by atoms with Gasteiger partial charge in [0.15, 0.2) is 11.6 Å². The van der Waals surface area contributed by atoms with Gasteiger partial charge in [0.1, 0.15) is 23.0 Å². The Morgan fingerprint density at radius 2 is 1.24 bits per heavy atom. The van der Waals surface area contributed by atoms with Gasteiger partial charge in [-0.1, -0.05) is 64.1 Å². The molecule has 0 aromatic heterocycles. The lowest BCUT2D eigenvalue weighted by molar-refractivity contribution is -0.120. The van der Waals surface area contributed by atoms with Crippen LogP contribution in [-0.2, 0) is 14.3 Å². The molecular weight excluding hydrogens is 412 g/mol. The van der Waals surface area contributed by atoms with Crippen molar-refractivity contribution in [3.63, 3.8) is 0 Å². The fourth-order valence-corrected chi connectivity index (χ4v) is 5.41. The Balaban J connectivity index is 1.69. The van der Waals surface area contributed by atoms with E-state index in [1.165, 1.54) is 0 Å². The molecule has 0 bridgehead atoms. The molecule has 0 saturated heterocycles. The van der Waals surface area contributed by atoms with Gasteiger partial charge in [-0.2, -0.15) is 0 Å². The van der Waals surface area contributed by atoms with Gasteiger partial charge in [-0.15, -0.1) is 0 Å². The van der Waals surface area contributed by atoms with Gasteiger partial charge >= 0.3 is 0 Å². The van der Waals surface area contributed by atoms with Gasteiger partial charge in [0.05, 0.1) is 5.92 Å². The predicted octanol–water partition coefficient (Wildman–Crippen LogP) is 6.88. The minimum atomic E-state index is -0.462. The Morgan fingerprint density at radius 1 is 0.727 bits per heavy atom. The maximum atomic E-state index is 13.5. The van der Waals surface area contributed by atoms with Gasteiger partial charge < -0.3 is 9.47 Å². The van der Waals surface area contributed by atoms with Crippen LogP contribution in [0.5, 0.6) is 11.5 Å². The van der Waals surface area contributed by atoms with E-state index in [0.717, 1.165) is 17.1 Å². The molecule has 0 saturated carbocycles. The third-order valence-corrected chi connectivity index (χ3v) is 6.78. The third kappa shape index (κ3) is 4.03. The molecule has 1 aliphatic heterocycles. The minimum absolute atomic E-state index is 0.0601. The second-order valence-corrected chi connectivity index (χ2v) is 11.0. The monoisotopic (exact) mass is 442 g/mol. The molecule has 4 nitrogen and oxygen atoms in total. The number of benzene rings is 2. The molecule has 5 rings (SSSR count). The van der Waals surface area contributed by atoms with Gasteiger partial charge in [0, 0.05) is 42.4 Å². The highest BCUT2D eigenvalue weighted by atomic mass is 16.5. The molecule has 0 unspecified atom stereocenters. The highest BCUT2D eigenvalue weighted by Crippen LogP contribution is 2.54. The molecule has 0 radical (unpaired) electrons. The Kier molecular flexibility index (Phi) is 5.08. The SMILES string of the molecule is CC1(C)CC(=O)C2=C(C1)OC1=C(C(=O)CC(C)(C)C1)C2c1ccccc1Oc1ccccc1. The molecule has 0 amide bonds. The number of ether oxygens (including phenoxy) is 2. The van der Waals surface area contributed by atoms with E-state index < -0.39 is 5.92 Å². The Bertz CT molecular complexity index is 1150. The predicted molar refractivity (Wildman–Crippen MR) is 127 cm³/mol. The maximum absolute atomic E-state index is 13.5. The first-order valence-corrected chi connectivity index (χ1v) is 11.7. The molecular formula is C29H30O4. The molecule has 33 heavy (non-hydrogen) atoms. The van der Waals surface area contributed by atoms with Crippen LogP contribution < -0.4 is 4.74 Å². The van der Waals surface area contributed by atoms with Gasteiger partial charge in [-0.05, 0) is 29.0 Å². The van der Waals surface area contributed by atoms with Crippen LogP contribution in [0.3, 0.4) is 0 Å². The summed E-state index contributed by atoms with van der Waals surface area (Å²) in [4.78, 5) is 27.0. The molecule has 170 valence electrons. The van der Waals surface area contributed by atoms with Crippen molar-refractivity contribution < 1.29 is 19.1 Å². The van der Waals surface area contributed by atoms with E-state index in [4.69, 9.17) is 9.47 Å². The second-order valence-electron chi connectivity index (χ2n) is 11.0. The van der Waals surface area contributed by atoms with Crippen molar-refractivity contribution in [3.8, 4) is 11.5 Å². The van der Waals surface area contributed by atoms with Crippen LogP contribution >= 0.6 is 0 Å². The lowest BCUT2D eigenvalue weighted by atomic mass is 9.65. The number of hydrogen-bond acceptors (Lipinski definition) is 4. The Morgan fingerprint density at radius 3 is 1.82 bits per heavy atom. The number of rotatable bonds is 3. The van der Waals surface area contributed by atoms with Crippen LogP contribution in [0.15, 0.2) is 77.3 Å². The molecule has 1 heterocycles. The average molecular weight is 443 g/mol. The Hall–Kier alpha value is -3.14. The van der Waals surface area contributed by atoms with Gasteiger partial charge in [-0.3, -0.25) is 9.59 Å². The van der Waals surface area contributed by atoms with Crippen LogP contribution in [-0.4, -0.2) is 11.6 Å². The maximum Gasteiger partial charge on any atom is 0.163 e. The van der Waals surface area contributed by atoms with Crippen LogP contribution in [0, 0.1) is 10.8 Å². The lowest BCUT2D eigenvalue weighted by Gasteiger charge is -2.42. The van der Waals surface area contributed by atoms with E-state index in [9.17, 15) is 9.59 Å². The second kappa shape index (κ2) is 7.72. The first-order valence-electron chi connectivity index (χ1n) is 11.7. The van der Waals surface area contributed by atoms with Crippen LogP contribution in [0.4, 0.5) is 0 Å². The van der Waals surface area contributed by atoms with E-state index >= 15 is 0 Å². The Labute approximate surface area is 195 Å². The zero-order valence-electron chi connectivity index (χ0n) is 19.7. The van der Waals surface area contributed by atoms with Crippen molar-refractivity contribution in [3.05, 3.63) is 82.8 Å². The van der Waals surface area contributed by atoms with Gasteiger partial charge in [-0.25, -0.2) is 0 Å². The quantitative estimate of drug-likeness (QED) is 0.520. The normalized spacial score (nSPS) is 21.9. The average Bonchev–Trinajstić information content (AvgIpc) is 2.71. The molecule has 0 atom stereocenters. The molecule has 2 aromatic carbocycles. The fraction of sp³-hybridized carbons (Fsp3) is 0.379. The molecule has 4 heteroatoms. The summed E-state index contributed by atoms with van der Waals surface area (Å²) in [6.45, 7) is 8.39. The molecule has 0 fully saturated rings. The highest BCUT2D eigenvalue weighted by molar-refractivity contribution is 6.06. The molecule has 0 spiro atoms. The van der Waals surface area contributed by atoms with Crippen LogP contribution in [0.1, 0.15) is 64.9 Å². The summed E-state index contributed by atoms with van der Waals surface area (Å²) >= 11 is 0. The first kappa shape index (κ1) is 21.7. The molecule has 3 aliphatic rings. The van der Waals surface area contributed by atoms with Crippen LogP contribution in [0.2, 0.25) is 0 Å². The summed E-state index contributed by atoms with van der Waals surface area (Å²) in [5.41, 5.74) is 1.75. The summed E-state index contributed by atoms with van der Waals surface area (Å²) in [6, 6.07) is 17.3.